The molecule has 0 bridgehead atoms. The lowest BCUT2D eigenvalue weighted by Crippen LogP contribution is -2.16. The monoisotopic (exact) mass is 920 g/mol. The second-order valence-electron chi connectivity index (χ2n) is 19.7. The van der Waals surface area contributed by atoms with Crippen LogP contribution < -0.4 is 4.90 Å². The fourth-order valence-corrected chi connectivity index (χ4v) is 11.7. The quantitative estimate of drug-likeness (QED) is 0.151. The molecule has 2 aromatic heterocycles. The molecule has 0 saturated carbocycles. The van der Waals surface area contributed by atoms with Crippen molar-refractivity contribution in [3.8, 4) is 61.3 Å². The van der Waals surface area contributed by atoms with Gasteiger partial charge in [0.2, 0.25) is 0 Å². The van der Waals surface area contributed by atoms with Gasteiger partial charge >= 0.3 is 0 Å². The highest BCUT2D eigenvalue weighted by atomic mass is 16.3. The van der Waals surface area contributed by atoms with Gasteiger partial charge in [0.15, 0.2) is 0 Å². The predicted octanol–water partition coefficient (Wildman–Crippen LogP) is 19.1. The first-order chi connectivity index (χ1) is 35.4. The Morgan fingerprint density at radius 2 is 0.889 bits per heavy atom. The average molecular weight is 921 g/mol. The molecule has 0 N–H and O–H groups in total. The molecule has 72 heavy (non-hydrogen) atoms. The van der Waals surface area contributed by atoms with E-state index in [-0.39, 0.29) is 5.41 Å². The van der Waals surface area contributed by atoms with E-state index in [9.17, 15) is 0 Å². The summed E-state index contributed by atoms with van der Waals surface area (Å²) in [6, 6.07) is 93.2. The van der Waals surface area contributed by atoms with E-state index in [4.69, 9.17) is 4.42 Å². The highest BCUT2D eigenvalue weighted by molar-refractivity contribution is 6.12. The van der Waals surface area contributed by atoms with Crippen LogP contribution in [0.25, 0.3) is 105 Å². The fraction of sp³-hybridized carbons (Fsp3) is 0.0435. The van der Waals surface area contributed by atoms with Crippen LogP contribution in [0.5, 0.6) is 0 Å². The summed E-state index contributed by atoms with van der Waals surface area (Å²) >= 11 is 0. The lowest BCUT2D eigenvalue weighted by molar-refractivity contribution is 0.660. The zero-order valence-corrected chi connectivity index (χ0v) is 40.1. The number of aromatic nitrogens is 1. The Kier molecular flexibility index (Phi) is 9.56. The van der Waals surface area contributed by atoms with Crippen LogP contribution in [0, 0.1) is 0 Å². The van der Waals surface area contributed by atoms with Gasteiger partial charge in [-0.3, -0.25) is 0 Å². The minimum atomic E-state index is -0.203. The van der Waals surface area contributed by atoms with Crippen LogP contribution in [0.15, 0.2) is 259 Å². The van der Waals surface area contributed by atoms with Gasteiger partial charge in [0.05, 0.1) is 11.0 Å². The van der Waals surface area contributed by atoms with Crippen LogP contribution in [0.2, 0.25) is 0 Å². The first-order valence-electron chi connectivity index (χ1n) is 24.9. The van der Waals surface area contributed by atoms with E-state index in [2.05, 4.69) is 278 Å². The minimum Gasteiger partial charge on any atom is -0.455 e. The van der Waals surface area contributed by atoms with Crippen molar-refractivity contribution in [3.63, 3.8) is 0 Å². The van der Waals surface area contributed by atoms with Crippen molar-refractivity contribution in [1.82, 2.24) is 4.57 Å². The number of furan rings is 1. The molecule has 340 valence electrons. The van der Waals surface area contributed by atoms with Crippen molar-refractivity contribution in [1.29, 1.82) is 0 Å². The summed E-state index contributed by atoms with van der Waals surface area (Å²) in [4.78, 5) is 2.49. The van der Waals surface area contributed by atoms with Gasteiger partial charge in [-0.1, -0.05) is 190 Å². The smallest absolute Gasteiger partial charge is 0.143 e. The van der Waals surface area contributed by atoms with E-state index in [1.807, 2.05) is 0 Å². The molecule has 0 aliphatic heterocycles. The molecular formula is C69H48N2O. The van der Waals surface area contributed by atoms with Crippen molar-refractivity contribution >= 4 is 60.8 Å². The first kappa shape index (κ1) is 41.8. The zero-order valence-electron chi connectivity index (χ0n) is 40.1. The van der Waals surface area contributed by atoms with Crippen LogP contribution in [0.4, 0.5) is 17.1 Å². The predicted molar refractivity (Wildman–Crippen MR) is 302 cm³/mol. The number of para-hydroxylation sites is 4. The van der Waals surface area contributed by atoms with Gasteiger partial charge in [-0.25, -0.2) is 0 Å². The zero-order chi connectivity index (χ0) is 47.9. The average Bonchev–Trinajstić information content (AvgIpc) is 4.06. The molecular weight excluding hydrogens is 873 g/mol. The maximum absolute atomic E-state index is 6.83. The topological polar surface area (TPSA) is 21.3 Å². The third-order valence-electron chi connectivity index (χ3n) is 15.1. The third kappa shape index (κ3) is 6.73. The number of benzene rings is 11. The third-order valence-corrected chi connectivity index (χ3v) is 15.1. The molecule has 3 heteroatoms. The van der Waals surface area contributed by atoms with Gasteiger partial charge in [0.1, 0.15) is 11.2 Å². The van der Waals surface area contributed by atoms with E-state index in [0.717, 1.165) is 94.7 Å². The Balaban J connectivity index is 1.07. The lowest BCUT2D eigenvalue weighted by Gasteiger charge is -2.30. The molecule has 0 spiro atoms. The maximum Gasteiger partial charge on any atom is 0.143 e. The second kappa shape index (κ2) is 16.5. The number of anilines is 3. The summed E-state index contributed by atoms with van der Waals surface area (Å²) in [5.41, 5.74) is 22.4. The Bertz CT molecular complexity index is 4180. The molecule has 0 radical (unpaired) electrons. The molecule has 0 fully saturated rings. The van der Waals surface area contributed by atoms with Gasteiger partial charge in [-0.05, 0) is 140 Å². The molecule has 0 saturated heterocycles. The SMILES string of the molecule is CC1(C)c2ccccc2-c2ccc(N(c3cc(-c4ccccc4)cc(-c4ccccc4)c3)c3cc(-c4ccc5c6ccccc6n(-c6ccccc6)c5c4)cc(-c4cccc5c4oc4ccccc45)c3)cc21. The largest absolute Gasteiger partial charge is 0.455 e. The van der Waals surface area contributed by atoms with E-state index in [1.54, 1.807) is 0 Å². The molecule has 3 nitrogen and oxygen atoms in total. The molecule has 14 rings (SSSR count). The first-order valence-corrected chi connectivity index (χ1v) is 24.9. The molecule has 1 aliphatic rings. The van der Waals surface area contributed by atoms with Gasteiger partial charge < -0.3 is 13.9 Å². The van der Waals surface area contributed by atoms with Gasteiger partial charge in [-0.15, -0.1) is 0 Å². The highest BCUT2D eigenvalue weighted by Crippen LogP contribution is 2.52. The highest BCUT2D eigenvalue weighted by Gasteiger charge is 2.36. The van der Waals surface area contributed by atoms with Gasteiger partial charge in [-0.2, -0.15) is 0 Å². The van der Waals surface area contributed by atoms with E-state index in [0.29, 0.717) is 0 Å². The second-order valence-corrected chi connectivity index (χ2v) is 19.7. The lowest BCUT2D eigenvalue weighted by atomic mass is 9.82. The summed E-state index contributed by atoms with van der Waals surface area (Å²) in [5.74, 6) is 0. The van der Waals surface area contributed by atoms with E-state index < -0.39 is 0 Å². The Hall–Kier alpha value is -9.18. The molecule has 1 aliphatic carbocycles. The molecule has 0 atom stereocenters. The van der Waals surface area contributed by atoms with Gasteiger partial charge in [0, 0.05) is 55.3 Å². The Labute approximate surface area is 419 Å². The number of fused-ring (bicyclic) bond motifs is 9. The number of hydrogen-bond donors (Lipinski definition) is 0. The molecule has 2 heterocycles. The standard InChI is InChI=1S/C69H48N2O/c1-69(2)63-30-15-12-25-57(63)58-36-34-53(44-64(58)69)70(54-39-48(45-19-6-3-7-20-45)37-49(40-54)46-21-8-4-9-22-46)55-41-50(38-51(42-55)56-28-18-29-62-61-27-14-17-32-67(61)72-68(56)62)47-33-35-60-59-26-13-16-31-65(59)71(66(60)43-47)52-23-10-5-11-24-52/h3-44H,1-2H3. The number of hydrogen-bond acceptors (Lipinski definition) is 2. The summed E-state index contributed by atoms with van der Waals surface area (Å²) in [5, 5.41) is 4.66. The van der Waals surface area contributed by atoms with Crippen LogP contribution in [-0.2, 0) is 5.41 Å². The van der Waals surface area contributed by atoms with Crippen molar-refractivity contribution in [3.05, 3.63) is 266 Å². The summed E-state index contributed by atoms with van der Waals surface area (Å²) in [6.45, 7) is 4.74. The van der Waals surface area contributed by atoms with Crippen LogP contribution in [-0.4, -0.2) is 4.57 Å². The summed E-state index contributed by atoms with van der Waals surface area (Å²) in [6.07, 6.45) is 0. The van der Waals surface area contributed by atoms with Crippen molar-refractivity contribution in [2.24, 2.45) is 0 Å². The fourth-order valence-electron chi connectivity index (χ4n) is 11.7. The normalized spacial score (nSPS) is 12.7. The van der Waals surface area contributed by atoms with Crippen molar-refractivity contribution in [2.45, 2.75) is 19.3 Å². The van der Waals surface area contributed by atoms with Crippen molar-refractivity contribution in [2.75, 3.05) is 4.90 Å². The Morgan fingerprint density at radius 1 is 0.333 bits per heavy atom. The van der Waals surface area contributed by atoms with E-state index >= 15 is 0 Å². The molecule has 13 aromatic rings. The number of rotatable bonds is 8. The van der Waals surface area contributed by atoms with Crippen LogP contribution >= 0.6 is 0 Å². The van der Waals surface area contributed by atoms with Crippen LogP contribution in [0.1, 0.15) is 25.0 Å². The number of nitrogens with zero attached hydrogens (tertiary/aromatic N) is 2. The Morgan fingerprint density at radius 3 is 1.64 bits per heavy atom. The van der Waals surface area contributed by atoms with E-state index in [1.165, 1.54) is 38.5 Å². The van der Waals surface area contributed by atoms with Gasteiger partial charge in [0.25, 0.3) is 0 Å². The minimum absolute atomic E-state index is 0.203. The molecule has 11 aromatic carbocycles. The molecule has 0 unspecified atom stereocenters. The maximum atomic E-state index is 6.83. The van der Waals surface area contributed by atoms with Crippen molar-refractivity contribution < 1.29 is 4.42 Å². The summed E-state index contributed by atoms with van der Waals surface area (Å²) < 4.78 is 9.23. The summed E-state index contributed by atoms with van der Waals surface area (Å²) in [7, 11) is 0. The molecule has 0 amide bonds. The van der Waals surface area contributed by atoms with Crippen LogP contribution in [0.3, 0.4) is 0 Å².